The Kier molecular flexibility index (Phi) is 2.56. The lowest BCUT2D eigenvalue weighted by molar-refractivity contribution is 0.563. The summed E-state index contributed by atoms with van der Waals surface area (Å²) in [6, 6.07) is 11.8. The smallest absolute Gasteiger partial charge is 0.345 e. The number of fused-ring (bicyclic) bond motifs is 1. The van der Waals surface area contributed by atoms with E-state index in [4.69, 9.17) is 4.42 Å². The molecule has 0 atom stereocenters. The predicted octanol–water partition coefficient (Wildman–Crippen LogP) is 4.14. The van der Waals surface area contributed by atoms with E-state index in [9.17, 15) is 4.79 Å². The molecule has 0 saturated carbocycles. The molecule has 2 aromatic heterocycles. The number of rotatable bonds is 1. The molecular weight excluding hydrogens is 244 g/mol. The van der Waals surface area contributed by atoms with Crippen LogP contribution in [0.1, 0.15) is 10.4 Å². The highest BCUT2D eigenvalue weighted by atomic mass is 32.1. The van der Waals surface area contributed by atoms with Crippen LogP contribution in [0.2, 0.25) is 0 Å². The quantitative estimate of drug-likeness (QED) is 0.612. The van der Waals surface area contributed by atoms with Crippen LogP contribution < -0.4 is 5.63 Å². The summed E-state index contributed by atoms with van der Waals surface area (Å²) < 4.78 is 5.39. The molecule has 0 unspecified atom stereocenters. The van der Waals surface area contributed by atoms with Crippen LogP contribution >= 0.6 is 11.3 Å². The molecule has 0 aliphatic carbocycles. The Labute approximate surface area is 109 Å². The molecule has 3 heteroatoms. The van der Waals surface area contributed by atoms with Gasteiger partial charge in [0.05, 0.1) is 5.56 Å². The highest BCUT2D eigenvalue weighted by Crippen LogP contribution is 2.27. The molecular formula is C15H12O2S. The minimum atomic E-state index is -0.269. The maximum atomic E-state index is 12.0. The monoisotopic (exact) mass is 256 g/mol. The van der Waals surface area contributed by atoms with E-state index >= 15 is 0 Å². The van der Waals surface area contributed by atoms with Gasteiger partial charge in [-0.05, 0) is 43.7 Å². The SMILES string of the molecule is Cc1ccc2cc(-c3ccc(C)s3)c(=O)oc2c1. The lowest BCUT2D eigenvalue weighted by atomic mass is 10.1. The van der Waals surface area contributed by atoms with Crippen LogP contribution in [0.3, 0.4) is 0 Å². The summed E-state index contributed by atoms with van der Waals surface area (Å²) in [6.07, 6.45) is 0. The second-order valence-corrected chi connectivity index (χ2v) is 5.69. The zero-order valence-corrected chi connectivity index (χ0v) is 11.0. The van der Waals surface area contributed by atoms with Crippen molar-refractivity contribution in [3.8, 4) is 10.4 Å². The van der Waals surface area contributed by atoms with Crippen molar-refractivity contribution in [1.82, 2.24) is 0 Å². The topological polar surface area (TPSA) is 30.2 Å². The summed E-state index contributed by atoms with van der Waals surface area (Å²) in [4.78, 5) is 14.1. The molecule has 1 aromatic carbocycles. The molecule has 2 nitrogen and oxygen atoms in total. The fourth-order valence-corrected chi connectivity index (χ4v) is 2.84. The van der Waals surface area contributed by atoms with Crippen molar-refractivity contribution < 1.29 is 4.42 Å². The fraction of sp³-hybridized carbons (Fsp3) is 0.133. The van der Waals surface area contributed by atoms with Gasteiger partial charge in [0, 0.05) is 15.1 Å². The Morgan fingerprint density at radius 1 is 1.06 bits per heavy atom. The molecule has 0 radical (unpaired) electrons. The summed E-state index contributed by atoms with van der Waals surface area (Å²) in [6.45, 7) is 4.01. The van der Waals surface area contributed by atoms with Crippen molar-refractivity contribution in [3.63, 3.8) is 0 Å². The molecule has 0 aliphatic rings. The van der Waals surface area contributed by atoms with Gasteiger partial charge in [-0.2, -0.15) is 0 Å². The fourth-order valence-electron chi connectivity index (χ4n) is 1.97. The second-order valence-electron chi connectivity index (χ2n) is 4.40. The first-order valence-corrected chi connectivity index (χ1v) is 6.56. The minimum absolute atomic E-state index is 0.269. The Hall–Kier alpha value is -1.87. The molecule has 0 N–H and O–H groups in total. The van der Waals surface area contributed by atoms with Crippen molar-refractivity contribution in [2.24, 2.45) is 0 Å². The van der Waals surface area contributed by atoms with E-state index in [2.05, 4.69) is 0 Å². The summed E-state index contributed by atoms with van der Waals surface area (Å²) in [5.74, 6) is 0. The third-order valence-corrected chi connectivity index (χ3v) is 3.93. The predicted molar refractivity (Wildman–Crippen MR) is 75.3 cm³/mol. The molecule has 3 aromatic rings. The average molecular weight is 256 g/mol. The molecule has 3 rings (SSSR count). The Morgan fingerprint density at radius 3 is 2.61 bits per heavy atom. The normalized spacial score (nSPS) is 11.0. The molecule has 90 valence electrons. The van der Waals surface area contributed by atoms with Crippen LogP contribution in [0, 0.1) is 13.8 Å². The number of hydrogen-bond donors (Lipinski definition) is 0. The third kappa shape index (κ3) is 1.87. The third-order valence-electron chi connectivity index (χ3n) is 2.90. The van der Waals surface area contributed by atoms with Gasteiger partial charge in [0.2, 0.25) is 0 Å². The van der Waals surface area contributed by atoms with E-state index in [1.807, 2.05) is 50.2 Å². The molecule has 0 amide bonds. The van der Waals surface area contributed by atoms with Crippen LogP contribution in [-0.4, -0.2) is 0 Å². The molecule has 0 aliphatic heterocycles. The van der Waals surface area contributed by atoms with Crippen molar-refractivity contribution in [2.45, 2.75) is 13.8 Å². The van der Waals surface area contributed by atoms with Gasteiger partial charge in [-0.15, -0.1) is 11.3 Å². The molecule has 2 heterocycles. The highest BCUT2D eigenvalue weighted by molar-refractivity contribution is 7.15. The first-order chi connectivity index (χ1) is 8.63. The minimum Gasteiger partial charge on any atom is -0.422 e. The summed E-state index contributed by atoms with van der Waals surface area (Å²) in [5.41, 5.74) is 2.11. The van der Waals surface area contributed by atoms with Gasteiger partial charge in [0.25, 0.3) is 0 Å². The van der Waals surface area contributed by atoms with Crippen molar-refractivity contribution in [3.05, 3.63) is 57.3 Å². The first kappa shape index (κ1) is 11.2. The second kappa shape index (κ2) is 4.10. The van der Waals surface area contributed by atoms with Crippen LogP contribution in [0.4, 0.5) is 0 Å². The molecule has 0 spiro atoms. The van der Waals surface area contributed by atoms with E-state index in [-0.39, 0.29) is 5.63 Å². The zero-order valence-electron chi connectivity index (χ0n) is 10.2. The van der Waals surface area contributed by atoms with E-state index < -0.39 is 0 Å². The van der Waals surface area contributed by atoms with E-state index in [1.165, 1.54) is 4.88 Å². The number of aryl methyl sites for hydroxylation is 2. The van der Waals surface area contributed by atoms with Gasteiger partial charge in [-0.25, -0.2) is 4.79 Å². The zero-order chi connectivity index (χ0) is 12.7. The summed E-state index contributed by atoms with van der Waals surface area (Å²) in [5, 5.41) is 0.959. The van der Waals surface area contributed by atoms with E-state index in [0.29, 0.717) is 11.1 Å². The van der Waals surface area contributed by atoms with Crippen LogP contribution in [0.5, 0.6) is 0 Å². The Balaban J connectivity index is 2.28. The molecule has 18 heavy (non-hydrogen) atoms. The number of benzene rings is 1. The Morgan fingerprint density at radius 2 is 1.89 bits per heavy atom. The maximum absolute atomic E-state index is 12.0. The van der Waals surface area contributed by atoms with Gasteiger partial charge < -0.3 is 4.42 Å². The van der Waals surface area contributed by atoms with Crippen molar-refractivity contribution >= 4 is 22.3 Å². The molecule has 0 saturated heterocycles. The standard InChI is InChI=1S/C15H12O2S/c1-9-3-5-11-8-12(14-6-4-10(2)18-14)15(16)17-13(11)7-9/h3-8H,1-2H3. The van der Waals surface area contributed by atoms with Crippen LogP contribution in [-0.2, 0) is 0 Å². The van der Waals surface area contributed by atoms with Crippen molar-refractivity contribution in [2.75, 3.05) is 0 Å². The number of hydrogen-bond acceptors (Lipinski definition) is 3. The first-order valence-electron chi connectivity index (χ1n) is 5.75. The lowest BCUT2D eigenvalue weighted by Gasteiger charge is -2.01. The largest absolute Gasteiger partial charge is 0.422 e. The van der Waals surface area contributed by atoms with Gasteiger partial charge in [0.1, 0.15) is 5.58 Å². The van der Waals surface area contributed by atoms with Crippen LogP contribution in [0.25, 0.3) is 21.4 Å². The maximum Gasteiger partial charge on any atom is 0.345 e. The van der Waals surface area contributed by atoms with E-state index in [0.717, 1.165) is 15.8 Å². The highest BCUT2D eigenvalue weighted by Gasteiger charge is 2.09. The molecule has 0 bridgehead atoms. The molecule has 0 fully saturated rings. The van der Waals surface area contributed by atoms with E-state index in [1.54, 1.807) is 11.3 Å². The van der Waals surface area contributed by atoms with Crippen LogP contribution in [0.15, 0.2) is 45.6 Å². The summed E-state index contributed by atoms with van der Waals surface area (Å²) in [7, 11) is 0. The summed E-state index contributed by atoms with van der Waals surface area (Å²) >= 11 is 1.61. The number of thiophene rings is 1. The average Bonchev–Trinajstić information content (AvgIpc) is 2.74. The van der Waals surface area contributed by atoms with Crippen molar-refractivity contribution in [1.29, 1.82) is 0 Å². The van der Waals surface area contributed by atoms with Gasteiger partial charge in [-0.3, -0.25) is 0 Å². The lowest BCUT2D eigenvalue weighted by Crippen LogP contribution is -2.01. The van der Waals surface area contributed by atoms with Gasteiger partial charge in [-0.1, -0.05) is 12.1 Å². The van der Waals surface area contributed by atoms with Gasteiger partial charge in [0.15, 0.2) is 0 Å². The van der Waals surface area contributed by atoms with Gasteiger partial charge >= 0.3 is 5.63 Å². The Bertz CT molecular complexity index is 781.